The van der Waals surface area contributed by atoms with Crippen LogP contribution >= 0.6 is 0 Å². The highest BCUT2D eigenvalue weighted by Crippen LogP contribution is 2.29. The van der Waals surface area contributed by atoms with Crippen LogP contribution in [-0.2, 0) is 0 Å². The van der Waals surface area contributed by atoms with Crippen molar-refractivity contribution >= 4 is 11.6 Å². The van der Waals surface area contributed by atoms with Crippen molar-refractivity contribution in [2.24, 2.45) is 5.84 Å². The van der Waals surface area contributed by atoms with Gasteiger partial charge in [-0.15, -0.1) is 0 Å². The predicted molar refractivity (Wildman–Crippen MR) is 69.9 cm³/mol. The summed E-state index contributed by atoms with van der Waals surface area (Å²) in [4.78, 5) is 11.0. The summed E-state index contributed by atoms with van der Waals surface area (Å²) in [5.41, 5.74) is 3.67. The van der Waals surface area contributed by atoms with Crippen LogP contribution in [-0.4, -0.2) is 22.6 Å². The normalized spacial score (nSPS) is 20.4. The van der Waals surface area contributed by atoms with Crippen molar-refractivity contribution in [2.75, 3.05) is 16.9 Å². The fourth-order valence-corrected chi connectivity index (χ4v) is 2.58. The van der Waals surface area contributed by atoms with Crippen molar-refractivity contribution in [2.45, 2.75) is 45.6 Å². The molecule has 1 aromatic heterocycles. The zero-order valence-electron chi connectivity index (χ0n) is 10.6. The van der Waals surface area contributed by atoms with Gasteiger partial charge >= 0.3 is 0 Å². The van der Waals surface area contributed by atoms with Gasteiger partial charge in [0.2, 0.25) is 0 Å². The molecule has 17 heavy (non-hydrogen) atoms. The fraction of sp³-hybridized carbons (Fsp3) is 0.667. The van der Waals surface area contributed by atoms with E-state index < -0.39 is 0 Å². The van der Waals surface area contributed by atoms with E-state index in [0.717, 1.165) is 30.2 Å². The highest BCUT2D eigenvalue weighted by molar-refractivity contribution is 5.58. The summed E-state index contributed by atoms with van der Waals surface area (Å²) >= 11 is 0. The van der Waals surface area contributed by atoms with E-state index in [-0.39, 0.29) is 0 Å². The minimum atomic E-state index is 0.600. The van der Waals surface area contributed by atoms with Crippen molar-refractivity contribution in [1.29, 1.82) is 0 Å². The molecular formula is C12H21N5. The molecule has 1 saturated heterocycles. The van der Waals surface area contributed by atoms with Crippen LogP contribution < -0.4 is 16.2 Å². The van der Waals surface area contributed by atoms with E-state index in [9.17, 15) is 0 Å². The minimum Gasteiger partial charge on any atom is -0.353 e. The van der Waals surface area contributed by atoms with Crippen molar-refractivity contribution in [3.63, 3.8) is 0 Å². The van der Waals surface area contributed by atoms with Gasteiger partial charge in [0.25, 0.3) is 0 Å². The molecule has 3 N–H and O–H groups in total. The Morgan fingerprint density at radius 1 is 1.47 bits per heavy atom. The number of hydrogen-bond donors (Lipinski definition) is 2. The molecule has 1 aromatic rings. The van der Waals surface area contributed by atoms with Crippen molar-refractivity contribution < 1.29 is 0 Å². The summed E-state index contributed by atoms with van der Waals surface area (Å²) in [5.74, 6) is 7.20. The lowest BCUT2D eigenvalue weighted by Crippen LogP contribution is -2.40. The van der Waals surface area contributed by atoms with Crippen LogP contribution in [0.1, 0.15) is 38.2 Å². The molecule has 1 unspecified atom stereocenters. The molecule has 2 rings (SSSR count). The summed E-state index contributed by atoms with van der Waals surface area (Å²) in [6.07, 6.45) is 6.56. The maximum absolute atomic E-state index is 5.46. The lowest BCUT2D eigenvalue weighted by molar-refractivity contribution is 0.446. The lowest BCUT2D eigenvalue weighted by Gasteiger charge is -2.37. The van der Waals surface area contributed by atoms with Gasteiger partial charge in [0.1, 0.15) is 18.0 Å². The first-order valence-corrected chi connectivity index (χ1v) is 6.32. The number of piperidine rings is 1. The third-order valence-electron chi connectivity index (χ3n) is 3.56. The van der Waals surface area contributed by atoms with E-state index in [1.165, 1.54) is 19.3 Å². The van der Waals surface area contributed by atoms with Gasteiger partial charge in [-0.2, -0.15) is 0 Å². The average molecular weight is 235 g/mol. The first-order chi connectivity index (χ1) is 8.27. The molecule has 2 heterocycles. The molecule has 1 aliphatic rings. The summed E-state index contributed by atoms with van der Waals surface area (Å²) in [7, 11) is 0. The van der Waals surface area contributed by atoms with Gasteiger partial charge in [0.05, 0.1) is 0 Å². The van der Waals surface area contributed by atoms with Gasteiger partial charge in [-0.25, -0.2) is 15.8 Å². The van der Waals surface area contributed by atoms with Crippen LogP contribution in [0, 0.1) is 6.92 Å². The molecule has 0 amide bonds. The van der Waals surface area contributed by atoms with Crippen molar-refractivity contribution in [1.82, 2.24) is 9.97 Å². The van der Waals surface area contributed by atoms with E-state index in [1.54, 1.807) is 6.33 Å². The van der Waals surface area contributed by atoms with Gasteiger partial charge in [0.15, 0.2) is 0 Å². The van der Waals surface area contributed by atoms with E-state index in [1.807, 2.05) is 6.92 Å². The Morgan fingerprint density at radius 3 is 3.00 bits per heavy atom. The number of nitrogens with two attached hydrogens (primary N) is 1. The third-order valence-corrected chi connectivity index (χ3v) is 3.56. The average Bonchev–Trinajstić information content (AvgIpc) is 2.39. The number of rotatable bonds is 3. The van der Waals surface area contributed by atoms with Crippen LogP contribution in [0.4, 0.5) is 11.6 Å². The molecule has 0 aromatic carbocycles. The Hall–Kier alpha value is -1.36. The predicted octanol–water partition coefficient (Wildman–Crippen LogP) is 1.84. The number of nitrogens with one attached hydrogen (secondary N) is 1. The maximum atomic E-state index is 5.46. The van der Waals surface area contributed by atoms with Crippen LogP contribution in [0.25, 0.3) is 0 Å². The number of hydrazine groups is 1. The molecule has 0 bridgehead atoms. The number of aromatic nitrogens is 2. The highest BCUT2D eigenvalue weighted by atomic mass is 15.3. The molecule has 0 saturated carbocycles. The van der Waals surface area contributed by atoms with Crippen LogP contribution in [0.2, 0.25) is 0 Å². The summed E-state index contributed by atoms with van der Waals surface area (Å²) in [5, 5.41) is 0. The Kier molecular flexibility index (Phi) is 3.78. The molecule has 1 fully saturated rings. The lowest BCUT2D eigenvalue weighted by atomic mass is 9.99. The zero-order valence-corrected chi connectivity index (χ0v) is 10.6. The molecular weight excluding hydrogens is 214 g/mol. The van der Waals surface area contributed by atoms with Crippen molar-refractivity contribution in [3.8, 4) is 0 Å². The Labute approximate surface area is 102 Å². The van der Waals surface area contributed by atoms with Gasteiger partial charge in [-0.1, -0.05) is 6.92 Å². The number of nitrogens with zero attached hydrogens (tertiary/aromatic N) is 3. The standard InChI is InChI=1S/C12H21N5/c1-3-10-6-4-5-7-17(10)12-9(2)11(16-13)14-8-15-12/h8,10H,3-7,13H2,1-2H3,(H,14,15,16). The minimum absolute atomic E-state index is 0.600. The van der Waals surface area contributed by atoms with Crippen LogP contribution in [0.15, 0.2) is 6.33 Å². The molecule has 0 aliphatic carbocycles. The summed E-state index contributed by atoms with van der Waals surface area (Å²) in [6, 6.07) is 0.600. The van der Waals surface area contributed by atoms with Gasteiger partial charge in [-0.3, -0.25) is 0 Å². The molecule has 1 atom stereocenters. The smallest absolute Gasteiger partial charge is 0.148 e. The molecule has 1 aliphatic heterocycles. The third kappa shape index (κ3) is 2.34. The molecule has 94 valence electrons. The SMILES string of the molecule is CCC1CCCCN1c1ncnc(NN)c1C. The first-order valence-electron chi connectivity index (χ1n) is 6.32. The molecule has 0 spiro atoms. The Morgan fingerprint density at radius 2 is 2.29 bits per heavy atom. The van der Waals surface area contributed by atoms with Crippen LogP contribution in [0.5, 0.6) is 0 Å². The van der Waals surface area contributed by atoms with E-state index in [2.05, 4.69) is 27.2 Å². The quantitative estimate of drug-likeness (QED) is 0.618. The first kappa shape index (κ1) is 12.1. The summed E-state index contributed by atoms with van der Waals surface area (Å²) < 4.78 is 0. The number of hydrogen-bond acceptors (Lipinski definition) is 5. The largest absolute Gasteiger partial charge is 0.353 e. The molecule has 5 nitrogen and oxygen atoms in total. The fourth-order valence-electron chi connectivity index (χ4n) is 2.58. The van der Waals surface area contributed by atoms with E-state index >= 15 is 0 Å². The number of anilines is 2. The highest BCUT2D eigenvalue weighted by Gasteiger charge is 2.24. The topological polar surface area (TPSA) is 67.1 Å². The van der Waals surface area contributed by atoms with E-state index in [0.29, 0.717) is 6.04 Å². The second kappa shape index (κ2) is 5.31. The monoisotopic (exact) mass is 235 g/mol. The van der Waals surface area contributed by atoms with Gasteiger partial charge in [0, 0.05) is 18.2 Å². The Balaban J connectivity index is 2.31. The summed E-state index contributed by atoms with van der Waals surface area (Å²) in [6.45, 7) is 5.34. The molecule has 0 radical (unpaired) electrons. The Bertz CT molecular complexity index is 379. The number of nitrogen functional groups attached to an aromatic ring is 1. The maximum Gasteiger partial charge on any atom is 0.148 e. The van der Waals surface area contributed by atoms with E-state index in [4.69, 9.17) is 5.84 Å². The zero-order chi connectivity index (χ0) is 12.3. The molecule has 5 heteroatoms. The van der Waals surface area contributed by atoms with Crippen molar-refractivity contribution in [3.05, 3.63) is 11.9 Å². The van der Waals surface area contributed by atoms with Crippen LogP contribution in [0.3, 0.4) is 0 Å². The van der Waals surface area contributed by atoms with Gasteiger partial charge < -0.3 is 10.3 Å². The second-order valence-corrected chi connectivity index (χ2v) is 4.57. The van der Waals surface area contributed by atoms with Gasteiger partial charge in [-0.05, 0) is 32.6 Å². The second-order valence-electron chi connectivity index (χ2n) is 4.57.